The molecule has 2 unspecified atom stereocenters. The highest BCUT2D eigenvalue weighted by atomic mass is 79.9. The molecule has 1 amide bonds. The molecule has 1 aromatic carbocycles. The Bertz CT molecular complexity index is 968. The van der Waals surface area contributed by atoms with Crippen LogP contribution in [0.25, 0.3) is 5.65 Å². The van der Waals surface area contributed by atoms with Gasteiger partial charge in [-0.2, -0.15) is 11.8 Å². The van der Waals surface area contributed by atoms with Gasteiger partial charge in [-0.05, 0) is 71.6 Å². The SMILES string of the molecule is CSCCC(NC(=O)C(C)Oc1ccc(F)cc1Br)c1nnc2ccccn12. The number of hydrogen-bond donors (Lipinski definition) is 1. The number of carbonyl (C=O) groups is 1. The normalized spacial score (nSPS) is 13.3. The number of carbonyl (C=O) groups excluding carboxylic acids is 1. The molecule has 1 N–H and O–H groups in total. The van der Waals surface area contributed by atoms with Crippen LogP contribution >= 0.6 is 27.7 Å². The van der Waals surface area contributed by atoms with Crippen LogP contribution < -0.4 is 10.1 Å². The second kappa shape index (κ2) is 9.38. The molecule has 0 aliphatic rings. The van der Waals surface area contributed by atoms with Crippen LogP contribution in [0.1, 0.15) is 25.2 Å². The van der Waals surface area contributed by atoms with Gasteiger partial charge in [0.2, 0.25) is 0 Å². The number of pyridine rings is 1. The van der Waals surface area contributed by atoms with E-state index in [1.54, 1.807) is 18.7 Å². The van der Waals surface area contributed by atoms with Gasteiger partial charge in [-0.25, -0.2) is 4.39 Å². The monoisotopic (exact) mass is 466 g/mol. The Balaban J connectivity index is 1.75. The van der Waals surface area contributed by atoms with Crippen LogP contribution in [0.4, 0.5) is 4.39 Å². The molecule has 3 rings (SSSR count). The topological polar surface area (TPSA) is 68.5 Å². The van der Waals surface area contributed by atoms with E-state index in [-0.39, 0.29) is 17.8 Å². The smallest absolute Gasteiger partial charge is 0.261 e. The average molecular weight is 467 g/mol. The Morgan fingerprint density at radius 1 is 1.36 bits per heavy atom. The van der Waals surface area contributed by atoms with Crippen molar-refractivity contribution in [1.82, 2.24) is 19.9 Å². The molecule has 0 aliphatic carbocycles. The maximum Gasteiger partial charge on any atom is 0.261 e. The first-order valence-electron chi connectivity index (χ1n) is 8.70. The van der Waals surface area contributed by atoms with Crippen molar-refractivity contribution in [3.05, 3.63) is 58.7 Å². The predicted molar refractivity (Wildman–Crippen MR) is 111 cm³/mol. The molecule has 2 aromatic heterocycles. The number of rotatable bonds is 8. The molecule has 6 nitrogen and oxygen atoms in total. The first-order chi connectivity index (χ1) is 13.5. The van der Waals surface area contributed by atoms with Crippen molar-refractivity contribution in [2.24, 2.45) is 0 Å². The number of aromatic nitrogens is 3. The number of fused-ring (bicyclic) bond motifs is 1. The van der Waals surface area contributed by atoms with E-state index in [0.29, 0.717) is 22.5 Å². The molecular formula is C19H20BrFN4O2S. The highest BCUT2D eigenvalue weighted by molar-refractivity contribution is 9.10. The fraction of sp³-hybridized carbons (Fsp3) is 0.316. The standard InChI is InChI=1S/C19H20BrFN4O2S/c1-12(27-16-7-6-13(21)11-14(16)20)19(26)22-15(8-10-28-2)18-24-23-17-5-3-4-9-25(17)18/h3-7,9,11-12,15H,8,10H2,1-2H3,(H,22,26). The number of benzene rings is 1. The van der Waals surface area contributed by atoms with Crippen molar-refractivity contribution in [1.29, 1.82) is 0 Å². The molecule has 0 saturated carbocycles. The van der Waals surface area contributed by atoms with Crippen LogP contribution in [0.5, 0.6) is 5.75 Å². The molecule has 0 radical (unpaired) electrons. The third-order valence-corrected chi connectivity index (χ3v) is 5.41. The third kappa shape index (κ3) is 4.82. The largest absolute Gasteiger partial charge is 0.480 e. The van der Waals surface area contributed by atoms with Crippen molar-refractivity contribution < 1.29 is 13.9 Å². The number of hydrogen-bond acceptors (Lipinski definition) is 5. The van der Waals surface area contributed by atoms with E-state index in [9.17, 15) is 9.18 Å². The Hall–Kier alpha value is -2.13. The summed E-state index contributed by atoms with van der Waals surface area (Å²) in [6.07, 6.45) is 3.82. The zero-order valence-electron chi connectivity index (χ0n) is 15.4. The van der Waals surface area contributed by atoms with Gasteiger partial charge in [0.15, 0.2) is 17.6 Å². The molecule has 0 saturated heterocycles. The average Bonchev–Trinajstić information content (AvgIpc) is 3.11. The molecule has 0 fully saturated rings. The number of ether oxygens (including phenoxy) is 1. The van der Waals surface area contributed by atoms with Gasteiger partial charge in [-0.1, -0.05) is 6.07 Å². The van der Waals surface area contributed by atoms with Gasteiger partial charge in [0.25, 0.3) is 5.91 Å². The minimum Gasteiger partial charge on any atom is -0.480 e. The van der Waals surface area contributed by atoms with E-state index in [2.05, 4.69) is 31.4 Å². The lowest BCUT2D eigenvalue weighted by molar-refractivity contribution is -0.128. The van der Waals surface area contributed by atoms with E-state index in [4.69, 9.17) is 4.74 Å². The summed E-state index contributed by atoms with van der Waals surface area (Å²) in [5, 5.41) is 11.4. The van der Waals surface area contributed by atoms with Crippen molar-refractivity contribution in [3.63, 3.8) is 0 Å². The summed E-state index contributed by atoms with van der Waals surface area (Å²) >= 11 is 4.94. The van der Waals surface area contributed by atoms with Gasteiger partial charge in [0.05, 0.1) is 10.5 Å². The van der Waals surface area contributed by atoms with Crippen molar-refractivity contribution in [2.75, 3.05) is 12.0 Å². The molecule has 0 bridgehead atoms. The lowest BCUT2D eigenvalue weighted by Crippen LogP contribution is -2.39. The summed E-state index contributed by atoms with van der Waals surface area (Å²) in [6.45, 7) is 1.65. The summed E-state index contributed by atoms with van der Waals surface area (Å²) < 4.78 is 21.3. The van der Waals surface area contributed by atoms with Gasteiger partial charge in [-0.3, -0.25) is 9.20 Å². The van der Waals surface area contributed by atoms with Crippen molar-refractivity contribution >= 4 is 39.2 Å². The molecule has 0 aliphatic heterocycles. The van der Waals surface area contributed by atoms with E-state index in [1.165, 1.54) is 18.2 Å². The lowest BCUT2D eigenvalue weighted by atomic mass is 10.2. The lowest BCUT2D eigenvalue weighted by Gasteiger charge is -2.21. The second-order valence-corrected chi connectivity index (χ2v) is 8.00. The Labute approximate surface area is 175 Å². The van der Waals surface area contributed by atoms with Crippen LogP contribution in [0.3, 0.4) is 0 Å². The molecule has 2 heterocycles. The zero-order chi connectivity index (χ0) is 20.1. The summed E-state index contributed by atoms with van der Waals surface area (Å²) in [6, 6.07) is 9.41. The van der Waals surface area contributed by atoms with Crippen LogP contribution in [-0.2, 0) is 4.79 Å². The molecule has 9 heteroatoms. The van der Waals surface area contributed by atoms with E-state index in [0.717, 1.165) is 11.4 Å². The van der Waals surface area contributed by atoms with Crippen LogP contribution in [0.2, 0.25) is 0 Å². The third-order valence-electron chi connectivity index (χ3n) is 4.15. The molecular weight excluding hydrogens is 447 g/mol. The van der Waals surface area contributed by atoms with Gasteiger partial charge in [0, 0.05) is 6.20 Å². The van der Waals surface area contributed by atoms with Gasteiger partial charge < -0.3 is 10.1 Å². The number of halogens is 2. The zero-order valence-corrected chi connectivity index (χ0v) is 17.8. The summed E-state index contributed by atoms with van der Waals surface area (Å²) in [4.78, 5) is 12.7. The number of amides is 1. The Kier molecular flexibility index (Phi) is 6.90. The second-order valence-electron chi connectivity index (χ2n) is 6.16. The molecule has 148 valence electrons. The fourth-order valence-electron chi connectivity index (χ4n) is 2.70. The van der Waals surface area contributed by atoms with Gasteiger partial charge in [0.1, 0.15) is 11.6 Å². The maximum absolute atomic E-state index is 13.2. The molecule has 2 atom stereocenters. The van der Waals surface area contributed by atoms with E-state index >= 15 is 0 Å². The summed E-state index contributed by atoms with van der Waals surface area (Å²) in [5.41, 5.74) is 0.723. The molecule has 3 aromatic rings. The first-order valence-corrected chi connectivity index (χ1v) is 10.9. The van der Waals surface area contributed by atoms with Crippen molar-refractivity contribution in [2.45, 2.75) is 25.5 Å². The number of nitrogens with zero attached hydrogens (tertiary/aromatic N) is 3. The van der Waals surface area contributed by atoms with Gasteiger partial charge in [-0.15, -0.1) is 10.2 Å². The minimum atomic E-state index is -0.766. The van der Waals surface area contributed by atoms with E-state index in [1.807, 2.05) is 35.1 Å². The highest BCUT2D eigenvalue weighted by Crippen LogP contribution is 2.26. The Morgan fingerprint density at radius 3 is 2.93 bits per heavy atom. The summed E-state index contributed by atoms with van der Waals surface area (Å²) in [7, 11) is 0. The van der Waals surface area contributed by atoms with Crippen LogP contribution in [0, 0.1) is 5.82 Å². The molecule has 0 spiro atoms. The summed E-state index contributed by atoms with van der Waals surface area (Å²) in [5.74, 6) is 1.26. The fourth-order valence-corrected chi connectivity index (χ4v) is 3.62. The minimum absolute atomic E-state index is 0.282. The van der Waals surface area contributed by atoms with Crippen LogP contribution in [-0.4, -0.2) is 38.6 Å². The quantitative estimate of drug-likeness (QED) is 0.543. The number of thioether (sulfide) groups is 1. The van der Waals surface area contributed by atoms with Gasteiger partial charge >= 0.3 is 0 Å². The van der Waals surface area contributed by atoms with E-state index < -0.39 is 6.10 Å². The number of nitrogens with one attached hydrogen (secondary N) is 1. The molecule has 28 heavy (non-hydrogen) atoms. The highest BCUT2D eigenvalue weighted by Gasteiger charge is 2.24. The first kappa shape index (κ1) is 20.6. The predicted octanol–water partition coefficient (Wildman–Crippen LogP) is 4.01. The van der Waals surface area contributed by atoms with Crippen LogP contribution in [0.15, 0.2) is 47.1 Å². The maximum atomic E-state index is 13.2. The Morgan fingerprint density at radius 2 is 2.18 bits per heavy atom. The van der Waals surface area contributed by atoms with Crippen molar-refractivity contribution in [3.8, 4) is 5.75 Å².